The Bertz CT molecular complexity index is 930. The van der Waals surface area contributed by atoms with Gasteiger partial charge >= 0.3 is 0 Å². The standard InChI is InChI=1S/C17H15IN4O6/c1-27-14-7-10(6-13(18)16(14)28-9-15(19)23)8-20-21-17(24)11-2-4-12(5-3-11)22(25)26/h2-8H,9H2,1H3,(H2,19,23)(H,21,24)/b20-8+. The molecule has 0 saturated carbocycles. The molecule has 2 aromatic rings. The number of nitro benzene ring substituents is 1. The fourth-order valence-electron chi connectivity index (χ4n) is 2.06. The van der Waals surface area contributed by atoms with Crippen molar-refractivity contribution in [2.45, 2.75) is 0 Å². The molecule has 0 spiro atoms. The number of amides is 2. The minimum Gasteiger partial charge on any atom is -0.493 e. The van der Waals surface area contributed by atoms with Crippen molar-refractivity contribution in [3.05, 3.63) is 61.2 Å². The number of halogens is 1. The van der Waals surface area contributed by atoms with Gasteiger partial charge in [-0.15, -0.1) is 0 Å². The molecule has 11 heteroatoms. The summed E-state index contributed by atoms with van der Waals surface area (Å²) in [6.07, 6.45) is 1.39. The summed E-state index contributed by atoms with van der Waals surface area (Å²) >= 11 is 2.00. The highest BCUT2D eigenvalue weighted by Crippen LogP contribution is 2.33. The van der Waals surface area contributed by atoms with Gasteiger partial charge in [0.2, 0.25) is 0 Å². The first kappa shape index (κ1) is 21.1. The van der Waals surface area contributed by atoms with Gasteiger partial charge in [0.25, 0.3) is 17.5 Å². The Kier molecular flexibility index (Phi) is 7.26. The Morgan fingerprint density at radius 2 is 2.00 bits per heavy atom. The molecule has 0 fully saturated rings. The smallest absolute Gasteiger partial charge is 0.271 e. The van der Waals surface area contributed by atoms with E-state index in [0.717, 1.165) is 0 Å². The number of ether oxygens (including phenoxy) is 2. The zero-order valence-corrected chi connectivity index (χ0v) is 16.7. The molecular formula is C17H15IN4O6. The van der Waals surface area contributed by atoms with E-state index in [1.54, 1.807) is 12.1 Å². The number of hydrazone groups is 1. The van der Waals surface area contributed by atoms with Gasteiger partial charge in [0.1, 0.15) is 0 Å². The Morgan fingerprint density at radius 1 is 1.32 bits per heavy atom. The van der Waals surface area contributed by atoms with Crippen LogP contribution in [0.15, 0.2) is 41.5 Å². The van der Waals surface area contributed by atoms with Crippen LogP contribution in [0.1, 0.15) is 15.9 Å². The topological polar surface area (TPSA) is 146 Å². The number of nitrogens with two attached hydrogens (primary N) is 1. The van der Waals surface area contributed by atoms with Crippen LogP contribution in [0.3, 0.4) is 0 Å². The molecule has 2 amide bonds. The van der Waals surface area contributed by atoms with Crippen LogP contribution in [0.4, 0.5) is 5.69 Å². The molecule has 146 valence electrons. The summed E-state index contributed by atoms with van der Waals surface area (Å²) in [5.74, 6) is -0.392. The molecule has 0 bridgehead atoms. The number of carbonyl (C=O) groups is 2. The molecule has 3 N–H and O–H groups in total. The second-order valence-corrected chi connectivity index (χ2v) is 6.45. The van der Waals surface area contributed by atoms with Crippen LogP contribution < -0.4 is 20.6 Å². The zero-order valence-electron chi connectivity index (χ0n) is 14.5. The number of benzene rings is 2. The SMILES string of the molecule is COc1cc(/C=N/NC(=O)c2ccc([N+](=O)[O-])cc2)cc(I)c1OCC(N)=O. The van der Waals surface area contributed by atoms with E-state index in [2.05, 4.69) is 10.5 Å². The van der Waals surface area contributed by atoms with E-state index in [-0.39, 0.29) is 17.9 Å². The Morgan fingerprint density at radius 3 is 2.57 bits per heavy atom. The van der Waals surface area contributed by atoms with Crippen LogP contribution in [-0.2, 0) is 4.79 Å². The predicted octanol–water partition coefficient (Wildman–Crippen LogP) is 1.84. The first-order valence-corrected chi connectivity index (χ1v) is 8.76. The first-order chi connectivity index (χ1) is 13.3. The molecule has 2 rings (SSSR count). The molecule has 0 aliphatic heterocycles. The predicted molar refractivity (Wildman–Crippen MR) is 109 cm³/mol. The maximum absolute atomic E-state index is 12.0. The third-order valence-corrected chi connectivity index (χ3v) is 4.13. The lowest BCUT2D eigenvalue weighted by Crippen LogP contribution is -2.20. The Balaban J connectivity index is 2.08. The fourth-order valence-corrected chi connectivity index (χ4v) is 2.84. The number of nitrogens with zero attached hydrogens (tertiary/aromatic N) is 2. The van der Waals surface area contributed by atoms with Gasteiger partial charge < -0.3 is 15.2 Å². The summed E-state index contributed by atoms with van der Waals surface area (Å²) in [5.41, 5.74) is 8.13. The highest BCUT2D eigenvalue weighted by Gasteiger charge is 2.12. The molecule has 10 nitrogen and oxygen atoms in total. The molecule has 0 atom stereocenters. The van der Waals surface area contributed by atoms with Gasteiger partial charge in [0.15, 0.2) is 18.1 Å². The third kappa shape index (κ3) is 5.64. The summed E-state index contributed by atoms with van der Waals surface area (Å²) in [6, 6.07) is 8.45. The number of hydrogen-bond donors (Lipinski definition) is 2. The molecule has 0 radical (unpaired) electrons. The van der Waals surface area contributed by atoms with Crippen molar-refractivity contribution in [3.63, 3.8) is 0 Å². The summed E-state index contributed by atoms with van der Waals surface area (Å²) in [7, 11) is 1.44. The van der Waals surface area contributed by atoms with Crippen molar-refractivity contribution in [2.75, 3.05) is 13.7 Å². The van der Waals surface area contributed by atoms with E-state index in [1.165, 1.54) is 37.6 Å². The maximum Gasteiger partial charge on any atom is 0.271 e. The second-order valence-electron chi connectivity index (χ2n) is 5.29. The number of methoxy groups -OCH3 is 1. The average Bonchev–Trinajstić information content (AvgIpc) is 2.66. The molecule has 0 saturated heterocycles. The van der Waals surface area contributed by atoms with E-state index < -0.39 is 16.7 Å². The number of carbonyl (C=O) groups excluding carboxylic acids is 2. The van der Waals surface area contributed by atoms with Crippen LogP contribution in [0.2, 0.25) is 0 Å². The van der Waals surface area contributed by atoms with E-state index in [4.69, 9.17) is 15.2 Å². The molecule has 0 unspecified atom stereocenters. The fraction of sp³-hybridized carbons (Fsp3) is 0.118. The third-order valence-electron chi connectivity index (χ3n) is 3.33. The van der Waals surface area contributed by atoms with E-state index in [1.807, 2.05) is 22.6 Å². The van der Waals surface area contributed by atoms with Crippen LogP contribution in [0.25, 0.3) is 0 Å². The number of nitrogens with one attached hydrogen (secondary N) is 1. The summed E-state index contributed by atoms with van der Waals surface area (Å²) in [5, 5.41) is 14.5. The van der Waals surface area contributed by atoms with Gasteiger partial charge in [-0.25, -0.2) is 5.43 Å². The molecule has 28 heavy (non-hydrogen) atoms. The van der Waals surface area contributed by atoms with Gasteiger partial charge in [0, 0.05) is 17.7 Å². The molecule has 0 aliphatic rings. The van der Waals surface area contributed by atoms with Crippen molar-refractivity contribution in [1.82, 2.24) is 5.43 Å². The molecule has 0 aliphatic carbocycles. The monoisotopic (exact) mass is 498 g/mol. The van der Waals surface area contributed by atoms with Gasteiger partial charge in [-0.1, -0.05) is 0 Å². The molecule has 0 heterocycles. The van der Waals surface area contributed by atoms with Gasteiger partial charge in [0.05, 0.1) is 21.8 Å². The van der Waals surface area contributed by atoms with Crippen molar-refractivity contribution < 1.29 is 24.0 Å². The van der Waals surface area contributed by atoms with Crippen molar-refractivity contribution in [2.24, 2.45) is 10.8 Å². The van der Waals surface area contributed by atoms with Gasteiger partial charge in [-0.05, 0) is 52.4 Å². The highest BCUT2D eigenvalue weighted by molar-refractivity contribution is 14.1. The summed E-state index contributed by atoms with van der Waals surface area (Å²) in [4.78, 5) is 33.0. The number of nitro groups is 1. The Labute approximate surface area is 173 Å². The minimum absolute atomic E-state index is 0.111. The normalized spacial score (nSPS) is 10.5. The van der Waals surface area contributed by atoms with Crippen LogP contribution in [0, 0.1) is 13.7 Å². The molecule has 0 aromatic heterocycles. The highest BCUT2D eigenvalue weighted by atomic mass is 127. The zero-order chi connectivity index (χ0) is 20.7. The van der Waals surface area contributed by atoms with Crippen LogP contribution >= 0.6 is 22.6 Å². The minimum atomic E-state index is -0.613. The summed E-state index contributed by atoms with van der Waals surface area (Å²) in [6.45, 7) is -0.287. The van der Waals surface area contributed by atoms with Crippen molar-refractivity contribution >= 4 is 46.3 Å². The van der Waals surface area contributed by atoms with Crippen LogP contribution in [0.5, 0.6) is 11.5 Å². The van der Waals surface area contributed by atoms with E-state index >= 15 is 0 Å². The lowest BCUT2D eigenvalue weighted by atomic mass is 10.2. The average molecular weight is 498 g/mol. The number of primary amides is 1. The first-order valence-electron chi connectivity index (χ1n) is 7.68. The largest absolute Gasteiger partial charge is 0.493 e. The van der Waals surface area contributed by atoms with E-state index in [9.17, 15) is 19.7 Å². The summed E-state index contributed by atoms with van der Waals surface area (Å²) < 4.78 is 11.2. The maximum atomic E-state index is 12.0. The van der Waals surface area contributed by atoms with Crippen molar-refractivity contribution in [3.8, 4) is 11.5 Å². The molecular weight excluding hydrogens is 483 g/mol. The van der Waals surface area contributed by atoms with Crippen LogP contribution in [-0.4, -0.2) is 36.7 Å². The lowest BCUT2D eigenvalue weighted by molar-refractivity contribution is -0.384. The number of non-ortho nitro benzene ring substituents is 1. The second kappa shape index (κ2) is 9.64. The van der Waals surface area contributed by atoms with E-state index in [0.29, 0.717) is 20.6 Å². The lowest BCUT2D eigenvalue weighted by Gasteiger charge is -2.12. The van der Waals surface area contributed by atoms with Crippen molar-refractivity contribution in [1.29, 1.82) is 0 Å². The molecule has 2 aromatic carbocycles. The number of rotatable bonds is 8. The van der Waals surface area contributed by atoms with Gasteiger partial charge in [-0.3, -0.25) is 19.7 Å². The number of hydrogen-bond acceptors (Lipinski definition) is 7. The Hall–Kier alpha value is -3.22. The van der Waals surface area contributed by atoms with Gasteiger partial charge in [-0.2, -0.15) is 5.10 Å². The quantitative estimate of drug-likeness (QED) is 0.246.